The van der Waals surface area contributed by atoms with Crippen molar-refractivity contribution in [1.82, 2.24) is 10.2 Å². The van der Waals surface area contributed by atoms with Gasteiger partial charge in [0.2, 0.25) is 0 Å². The summed E-state index contributed by atoms with van der Waals surface area (Å²) in [6.45, 7) is -0.0301. The second-order valence-electron chi connectivity index (χ2n) is 6.06. The minimum Gasteiger partial charge on any atom is -0.349 e. The van der Waals surface area contributed by atoms with Gasteiger partial charge in [-0.25, -0.2) is 0 Å². The number of nitrogens with one attached hydrogen (secondary N) is 1. The van der Waals surface area contributed by atoms with E-state index in [-0.39, 0.29) is 25.0 Å². The molecular formula is C18H17F3N2O2. The van der Waals surface area contributed by atoms with Crippen molar-refractivity contribution < 1.29 is 22.8 Å². The number of halogens is 3. The Morgan fingerprint density at radius 3 is 2.32 bits per heavy atom. The van der Waals surface area contributed by atoms with Crippen LogP contribution in [-0.2, 0) is 4.79 Å². The summed E-state index contributed by atoms with van der Waals surface area (Å²) in [4.78, 5) is 24.6. The van der Waals surface area contributed by atoms with Crippen LogP contribution in [0.25, 0.3) is 10.8 Å². The van der Waals surface area contributed by atoms with Gasteiger partial charge in [0.25, 0.3) is 5.91 Å². The Hall–Kier alpha value is -2.57. The minimum atomic E-state index is -4.85. The highest BCUT2D eigenvalue weighted by Crippen LogP contribution is 2.22. The first kappa shape index (κ1) is 17.3. The van der Waals surface area contributed by atoms with Gasteiger partial charge in [0.1, 0.15) is 0 Å². The Morgan fingerprint density at radius 1 is 1.00 bits per heavy atom. The number of amides is 2. The van der Waals surface area contributed by atoms with Crippen LogP contribution in [-0.4, -0.2) is 42.0 Å². The predicted molar refractivity (Wildman–Crippen MR) is 87.1 cm³/mol. The van der Waals surface area contributed by atoms with Crippen LogP contribution in [0, 0.1) is 0 Å². The molecule has 0 radical (unpaired) electrons. The first-order valence-corrected chi connectivity index (χ1v) is 8.01. The molecule has 7 heteroatoms. The van der Waals surface area contributed by atoms with Crippen molar-refractivity contribution >= 4 is 22.6 Å². The van der Waals surface area contributed by atoms with E-state index in [2.05, 4.69) is 5.32 Å². The number of carbonyl (C=O) groups is 2. The molecule has 25 heavy (non-hydrogen) atoms. The Bertz CT molecular complexity index is 791. The van der Waals surface area contributed by atoms with Gasteiger partial charge in [0.05, 0.1) is 0 Å². The van der Waals surface area contributed by atoms with E-state index in [1.807, 2.05) is 30.3 Å². The SMILES string of the molecule is O=C(NC1CCN(C(=O)C(F)(F)F)CC1)c1cccc2ccccc12. The number of nitrogens with zero attached hydrogens (tertiary/aromatic N) is 1. The molecule has 0 spiro atoms. The molecule has 0 saturated carbocycles. The topological polar surface area (TPSA) is 49.4 Å². The number of hydrogen-bond donors (Lipinski definition) is 1. The molecule has 4 nitrogen and oxygen atoms in total. The van der Waals surface area contributed by atoms with Crippen molar-refractivity contribution in [2.75, 3.05) is 13.1 Å². The van der Waals surface area contributed by atoms with Gasteiger partial charge in [-0.15, -0.1) is 0 Å². The summed E-state index contributed by atoms with van der Waals surface area (Å²) in [6, 6.07) is 12.7. The van der Waals surface area contributed by atoms with Crippen LogP contribution in [0.15, 0.2) is 42.5 Å². The van der Waals surface area contributed by atoms with Crippen LogP contribution in [0.5, 0.6) is 0 Å². The molecule has 1 heterocycles. The second-order valence-corrected chi connectivity index (χ2v) is 6.06. The number of piperidine rings is 1. The molecule has 0 aliphatic carbocycles. The fourth-order valence-electron chi connectivity index (χ4n) is 3.09. The van der Waals surface area contributed by atoms with Gasteiger partial charge in [-0.2, -0.15) is 13.2 Å². The van der Waals surface area contributed by atoms with Crippen molar-refractivity contribution in [2.24, 2.45) is 0 Å². The van der Waals surface area contributed by atoms with E-state index in [0.717, 1.165) is 15.7 Å². The predicted octanol–water partition coefficient (Wildman–Crippen LogP) is 3.12. The number of carbonyl (C=O) groups excluding carboxylic acids is 2. The third-order valence-corrected chi connectivity index (χ3v) is 4.39. The normalized spacial score (nSPS) is 16.0. The zero-order valence-corrected chi connectivity index (χ0v) is 13.3. The fraction of sp³-hybridized carbons (Fsp3) is 0.333. The van der Waals surface area contributed by atoms with Gasteiger partial charge >= 0.3 is 12.1 Å². The number of benzene rings is 2. The highest BCUT2D eigenvalue weighted by Gasteiger charge is 2.43. The molecule has 1 fully saturated rings. The maximum Gasteiger partial charge on any atom is 0.471 e. The lowest BCUT2D eigenvalue weighted by Gasteiger charge is -2.32. The molecule has 132 valence electrons. The summed E-state index contributed by atoms with van der Waals surface area (Å²) >= 11 is 0. The van der Waals surface area contributed by atoms with E-state index < -0.39 is 12.1 Å². The van der Waals surface area contributed by atoms with Crippen LogP contribution in [0.4, 0.5) is 13.2 Å². The maximum absolute atomic E-state index is 12.5. The van der Waals surface area contributed by atoms with E-state index in [1.165, 1.54) is 0 Å². The Labute approximate surface area is 142 Å². The third kappa shape index (κ3) is 3.75. The highest BCUT2D eigenvalue weighted by atomic mass is 19.4. The van der Waals surface area contributed by atoms with Crippen molar-refractivity contribution in [3.63, 3.8) is 0 Å². The lowest BCUT2D eigenvalue weighted by atomic mass is 10.0. The van der Waals surface area contributed by atoms with Gasteiger partial charge in [-0.1, -0.05) is 36.4 Å². The molecule has 2 aromatic rings. The lowest BCUT2D eigenvalue weighted by Crippen LogP contribution is -2.50. The molecule has 2 amide bonds. The van der Waals surface area contributed by atoms with Gasteiger partial charge in [0.15, 0.2) is 0 Å². The van der Waals surface area contributed by atoms with E-state index in [4.69, 9.17) is 0 Å². The largest absolute Gasteiger partial charge is 0.471 e. The molecule has 1 aliphatic heterocycles. The molecule has 0 atom stereocenters. The van der Waals surface area contributed by atoms with Crippen LogP contribution >= 0.6 is 0 Å². The summed E-state index contributed by atoms with van der Waals surface area (Å²) in [6.07, 6.45) is -4.24. The van der Waals surface area contributed by atoms with Crippen LogP contribution < -0.4 is 5.32 Å². The summed E-state index contributed by atoms with van der Waals surface area (Å²) < 4.78 is 37.3. The molecule has 1 saturated heterocycles. The van der Waals surface area contributed by atoms with E-state index in [1.54, 1.807) is 12.1 Å². The summed E-state index contributed by atoms with van der Waals surface area (Å²) in [5.41, 5.74) is 0.534. The quantitative estimate of drug-likeness (QED) is 0.905. The van der Waals surface area contributed by atoms with Crippen LogP contribution in [0.3, 0.4) is 0 Å². The number of alkyl halides is 3. The molecule has 1 aliphatic rings. The Kier molecular flexibility index (Phi) is 4.65. The summed E-state index contributed by atoms with van der Waals surface area (Å²) in [7, 11) is 0. The zero-order chi connectivity index (χ0) is 18.0. The number of rotatable bonds is 2. The van der Waals surface area contributed by atoms with Crippen LogP contribution in [0.2, 0.25) is 0 Å². The standard InChI is InChI=1S/C18H17F3N2O2/c19-18(20,21)17(25)23-10-8-13(9-11-23)22-16(24)15-7-3-5-12-4-1-2-6-14(12)15/h1-7,13H,8-11H2,(H,22,24). The smallest absolute Gasteiger partial charge is 0.349 e. The van der Waals surface area contributed by atoms with Gasteiger partial charge in [0, 0.05) is 24.7 Å². The van der Waals surface area contributed by atoms with E-state index >= 15 is 0 Å². The Morgan fingerprint density at radius 2 is 1.64 bits per heavy atom. The monoisotopic (exact) mass is 350 g/mol. The number of likely N-dealkylation sites (tertiary alicyclic amines) is 1. The molecule has 0 unspecified atom stereocenters. The molecule has 1 N–H and O–H groups in total. The van der Waals surface area contributed by atoms with Gasteiger partial charge in [-0.3, -0.25) is 9.59 Å². The van der Waals surface area contributed by atoms with Crippen molar-refractivity contribution in [1.29, 1.82) is 0 Å². The second kappa shape index (κ2) is 6.74. The van der Waals surface area contributed by atoms with Crippen molar-refractivity contribution in [3.05, 3.63) is 48.0 Å². The highest BCUT2D eigenvalue weighted by molar-refractivity contribution is 6.07. The minimum absolute atomic E-state index is 0.0151. The summed E-state index contributed by atoms with van der Waals surface area (Å²) in [5.74, 6) is -2.07. The number of fused-ring (bicyclic) bond motifs is 1. The van der Waals surface area contributed by atoms with E-state index in [0.29, 0.717) is 18.4 Å². The average Bonchev–Trinajstić information content (AvgIpc) is 2.60. The number of hydrogen-bond acceptors (Lipinski definition) is 2. The molecule has 3 rings (SSSR count). The molecule has 0 aromatic heterocycles. The molecule has 2 aromatic carbocycles. The van der Waals surface area contributed by atoms with Gasteiger partial charge in [-0.05, 0) is 29.7 Å². The maximum atomic E-state index is 12.5. The molecule has 0 bridgehead atoms. The average molecular weight is 350 g/mol. The van der Waals surface area contributed by atoms with Crippen LogP contribution in [0.1, 0.15) is 23.2 Å². The molecular weight excluding hydrogens is 333 g/mol. The van der Waals surface area contributed by atoms with Crippen molar-refractivity contribution in [2.45, 2.75) is 25.1 Å². The first-order valence-electron chi connectivity index (χ1n) is 8.01. The van der Waals surface area contributed by atoms with Gasteiger partial charge < -0.3 is 10.2 Å². The lowest BCUT2D eigenvalue weighted by molar-refractivity contribution is -0.186. The summed E-state index contributed by atoms with van der Waals surface area (Å²) in [5, 5.41) is 4.64. The Balaban J connectivity index is 1.64. The fourth-order valence-corrected chi connectivity index (χ4v) is 3.09. The van der Waals surface area contributed by atoms with Crippen molar-refractivity contribution in [3.8, 4) is 0 Å². The van der Waals surface area contributed by atoms with E-state index in [9.17, 15) is 22.8 Å². The first-order chi connectivity index (χ1) is 11.9. The zero-order valence-electron chi connectivity index (χ0n) is 13.3. The third-order valence-electron chi connectivity index (χ3n) is 4.39.